The van der Waals surface area contributed by atoms with Gasteiger partial charge in [0.15, 0.2) is 12.4 Å². The van der Waals surface area contributed by atoms with Gasteiger partial charge >= 0.3 is 12.3 Å². The van der Waals surface area contributed by atoms with Crippen molar-refractivity contribution in [3.05, 3.63) is 11.7 Å². The Morgan fingerprint density at radius 1 is 1.32 bits per heavy atom. The van der Waals surface area contributed by atoms with E-state index in [0.29, 0.717) is 24.6 Å². The SMILES string of the molecule is Cc1nc(C2(NC(=O)CCNC(=O)OCC(F)(F)F)CCCC2)no1. The number of nitrogens with zero attached hydrogens (tertiary/aromatic N) is 2. The zero-order chi connectivity index (χ0) is 18.5. The van der Waals surface area contributed by atoms with Crippen molar-refractivity contribution < 1.29 is 32.0 Å². The number of alkyl halides is 3. The molecule has 0 radical (unpaired) electrons. The van der Waals surface area contributed by atoms with E-state index in [2.05, 4.69) is 25.5 Å². The van der Waals surface area contributed by atoms with E-state index in [9.17, 15) is 22.8 Å². The van der Waals surface area contributed by atoms with E-state index in [0.717, 1.165) is 12.8 Å². The average molecular weight is 364 g/mol. The van der Waals surface area contributed by atoms with Crippen molar-refractivity contribution in [3.63, 3.8) is 0 Å². The van der Waals surface area contributed by atoms with Crippen LogP contribution in [0.25, 0.3) is 0 Å². The summed E-state index contributed by atoms with van der Waals surface area (Å²) in [6.45, 7) is -0.174. The molecule has 1 aliphatic carbocycles. The molecule has 0 bridgehead atoms. The third-order valence-corrected chi connectivity index (χ3v) is 3.78. The van der Waals surface area contributed by atoms with Gasteiger partial charge in [0.05, 0.1) is 0 Å². The van der Waals surface area contributed by atoms with Gasteiger partial charge in [0.2, 0.25) is 11.8 Å². The Kier molecular flexibility index (Phi) is 5.85. The van der Waals surface area contributed by atoms with Crippen LogP contribution in [0.15, 0.2) is 4.52 Å². The van der Waals surface area contributed by atoms with Crippen molar-refractivity contribution in [1.82, 2.24) is 20.8 Å². The molecule has 1 saturated carbocycles. The highest BCUT2D eigenvalue weighted by Gasteiger charge is 2.41. The Labute approximate surface area is 141 Å². The lowest BCUT2D eigenvalue weighted by Crippen LogP contribution is -2.45. The monoisotopic (exact) mass is 364 g/mol. The molecule has 0 unspecified atom stereocenters. The summed E-state index contributed by atoms with van der Waals surface area (Å²) < 4.78 is 44.7. The van der Waals surface area contributed by atoms with Crippen molar-refractivity contribution in [2.75, 3.05) is 13.2 Å². The Balaban J connectivity index is 1.80. The number of halogens is 3. The van der Waals surface area contributed by atoms with Crippen molar-refractivity contribution in [2.45, 2.75) is 50.7 Å². The summed E-state index contributed by atoms with van der Waals surface area (Å²) in [4.78, 5) is 27.4. The van der Waals surface area contributed by atoms with E-state index in [1.165, 1.54) is 0 Å². The van der Waals surface area contributed by atoms with Gasteiger partial charge in [-0.2, -0.15) is 18.2 Å². The maximum atomic E-state index is 12.1. The van der Waals surface area contributed by atoms with Crippen molar-refractivity contribution in [2.24, 2.45) is 0 Å². The number of ether oxygens (including phenoxy) is 1. The fraction of sp³-hybridized carbons (Fsp3) is 0.714. The van der Waals surface area contributed by atoms with E-state index < -0.39 is 24.4 Å². The summed E-state index contributed by atoms with van der Waals surface area (Å²) in [7, 11) is 0. The minimum atomic E-state index is -4.59. The molecule has 0 aromatic carbocycles. The number of carbonyl (C=O) groups excluding carboxylic acids is 2. The van der Waals surface area contributed by atoms with Crippen LogP contribution in [0, 0.1) is 6.92 Å². The molecular weight excluding hydrogens is 345 g/mol. The molecule has 1 heterocycles. The molecule has 2 N–H and O–H groups in total. The third-order valence-electron chi connectivity index (χ3n) is 3.78. The van der Waals surface area contributed by atoms with E-state index in [1.807, 2.05) is 0 Å². The number of alkyl carbamates (subject to hydrolysis) is 1. The minimum absolute atomic E-state index is 0.111. The number of hydrogen-bond donors (Lipinski definition) is 2. The minimum Gasteiger partial charge on any atom is -0.440 e. The number of aryl methyl sites for hydroxylation is 1. The quantitative estimate of drug-likeness (QED) is 0.799. The molecule has 2 amide bonds. The highest BCUT2D eigenvalue weighted by atomic mass is 19.4. The number of rotatable bonds is 6. The molecule has 0 saturated heterocycles. The van der Waals surface area contributed by atoms with Crippen LogP contribution in [0.5, 0.6) is 0 Å². The van der Waals surface area contributed by atoms with Gasteiger partial charge in [0.25, 0.3) is 0 Å². The van der Waals surface area contributed by atoms with Crippen LogP contribution in [0.3, 0.4) is 0 Å². The highest BCUT2D eigenvalue weighted by molar-refractivity contribution is 5.78. The fourth-order valence-corrected chi connectivity index (χ4v) is 2.68. The number of amides is 2. The highest BCUT2D eigenvalue weighted by Crippen LogP contribution is 2.37. The smallest absolute Gasteiger partial charge is 0.422 e. The molecule has 1 fully saturated rings. The number of nitrogens with one attached hydrogen (secondary N) is 2. The summed E-state index contributed by atoms with van der Waals surface area (Å²) >= 11 is 0. The summed E-state index contributed by atoms with van der Waals surface area (Å²) in [6.07, 6.45) is -2.80. The summed E-state index contributed by atoms with van der Waals surface area (Å²) in [5.41, 5.74) is -0.703. The van der Waals surface area contributed by atoms with Crippen LogP contribution >= 0.6 is 0 Å². The topological polar surface area (TPSA) is 106 Å². The van der Waals surface area contributed by atoms with Gasteiger partial charge in [0.1, 0.15) is 5.54 Å². The van der Waals surface area contributed by atoms with Crippen LogP contribution < -0.4 is 10.6 Å². The average Bonchev–Trinajstić information content (AvgIpc) is 3.14. The molecule has 25 heavy (non-hydrogen) atoms. The number of hydrogen-bond acceptors (Lipinski definition) is 6. The van der Waals surface area contributed by atoms with E-state index in [-0.39, 0.29) is 18.9 Å². The first kappa shape index (κ1) is 19.0. The van der Waals surface area contributed by atoms with Crippen LogP contribution in [0.2, 0.25) is 0 Å². The lowest BCUT2D eigenvalue weighted by molar-refractivity contribution is -0.160. The summed E-state index contributed by atoms with van der Waals surface area (Å²) in [5, 5.41) is 8.83. The van der Waals surface area contributed by atoms with Gasteiger partial charge in [-0.3, -0.25) is 4.79 Å². The first-order valence-electron chi connectivity index (χ1n) is 7.79. The molecule has 11 heteroatoms. The molecule has 1 aromatic rings. The van der Waals surface area contributed by atoms with Crippen molar-refractivity contribution in [3.8, 4) is 0 Å². The van der Waals surface area contributed by atoms with Gasteiger partial charge in [-0.05, 0) is 12.8 Å². The lowest BCUT2D eigenvalue weighted by Gasteiger charge is -2.26. The van der Waals surface area contributed by atoms with Gasteiger partial charge in [0, 0.05) is 19.9 Å². The van der Waals surface area contributed by atoms with Crippen molar-refractivity contribution >= 4 is 12.0 Å². The lowest BCUT2D eigenvalue weighted by atomic mass is 9.96. The normalized spacial score (nSPS) is 16.5. The van der Waals surface area contributed by atoms with Gasteiger partial charge in [-0.25, -0.2) is 4.79 Å². The first-order chi connectivity index (χ1) is 11.7. The second kappa shape index (κ2) is 7.70. The van der Waals surface area contributed by atoms with Crippen LogP contribution in [0.1, 0.15) is 43.8 Å². The summed E-state index contributed by atoms with van der Waals surface area (Å²) in [6, 6.07) is 0. The first-order valence-corrected chi connectivity index (χ1v) is 7.79. The van der Waals surface area contributed by atoms with Gasteiger partial charge in [-0.15, -0.1) is 0 Å². The molecule has 2 rings (SSSR count). The molecule has 0 atom stereocenters. The number of aromatic nitrogens is 2. The summed E-state index contributed by atoms with van der Waals surface area (Å²) in [5.74, 6) is 0.429. The molecule has 1 aromatic heterocycles. The number of carbonyl (C=O) groups is 2. The largest absolute Gasteiger partial charge is 0.440 e. The molecule has 0 aliphatic heterocycles. The molecule has 140 valence electrons. The Bertz CT molecular complexity index is 611. The van der Waals surface area contributed by atoms with Gasteiger partial charge < -0.3 is 19.9 Å². The predicted molar refractivity (Wildman–Crippen MR) is 77.3 cm³/mol. The van der Waals surface area contributed by atoms with E-state index in [4.69, 9.17) is 4.52 Å². The zero-order valence-corrected chi connectivity index (χ0v) is 13.6. The Morgan fingerprint density at radius 3 is 2.56 bits per heavy atom. The molecule has 8 nitrogen and oxygen atoms in total. The Hall–Kier alpha value is -2.33. The van der Waals surface area contributed by atoms with E-state index >= 15 is 0 Å². The van der Waals surface area contributed by atoms with Crippen molar-refractivity contribution in [1.29, 1.82) is 0 Å². The Morgan fingerprint density at radius 2 is 2.00 bits per heavy atom. The molecule has 1 aliphatic rings. The van der Waals surface area contributed by atoms with Crippen LogP contribution in [-0.2, 0) is 15.1 Å². The fourth-order valence-electron chi connectivity index (χ4n) is 2.68. The zero-order valence-electron chi connectivity index (χ0n) is 13.6. The maximum absolute atomic E-state index is 12.1. The molecular formula is C14H19F3N4O4. The predicted octanol–water partition coefficient (Wildman–Crippen LogP) is 1.94. The maximum Gasteiger partial charge on any atom is 0.422 e. The van der Waals surface area contributed by atoms with Gasteiger partial charge in [-0.1, -0.05) is 18.0 Å². The van der Waals surface area contributed by atoms with Crippen LogP contribution in [0.4, 0.5) is 18.0 Å². The second-order valence-corrected chi connectivity index (χ2v) is 5.84. The molecule has 0 spiro atoms. The second-order valence-electron chi connectivity index (χ2n) is 5.84. The van der Waals surface area contributed by atoms with Crippen LogP contribution in [-0.4, -0.2) is 41.5 Å². The van der Waals surface area contributed by atoms with E-state index in [1.54, 1.807) is 6.92 Å². The third kappa shape index (κ3) is 5.61. The standard InChI is InChI=1S/C14H19F3N4O4/c1-9-19-11(21-25-9)13(5-2-3-6-13)20-10(22)4-7-18-12(23)24-8-14(15,16)17/h2-8H2,1H3,(H,18,23)(H,20,22).